The normalized spacial score (nSPS) is 12.8. The minimum atomic E-state index is -6.01. The van der Waals surface area contributed by atoms with E-state index in [1.807, 2.05) is 0 Å². The number of benzene rings is 2. The Morgan fingerprint density at radius 1 is 0.846 bits per heavy atom. The quantitative estimate of drug-likeness (QED) is 0.775. The minimum Gasteiger partial charge on any atom is -0.369 e. The second-order valence-electron chi connectivity index (χ2n) is 5.22. The molecule has 2 aromatic rings. The van der Waals surface area contributed by atoms with Gasteiger partial charge in [-0.1, -0.05) is 24.3 Å². The Morgan fingerprint density at radius 2 is 1.35 bits per heavy atom. The van der Waals surface area contributed by atoms with E-state index in [2.05, 4.69) is 5.32 Å². The Kier molecular flexibility index (Phi) is 5.00. The summed E-state index contributed by atoms with van der Waals surface area (Å²) in [4.78, 5) is 11.9. The predicted octanol–water partition coefficient (Wildman–Crippen LogP) is 4.39. The van der Waals surface area contributed by atoms with E-state index in [4.69, 9.17) is 0 Å². The van der Waals surface area contributed by atoms with Gasteiger partial charge in [-0.25, -0.2) is 4.39 Å². The smallest absolute Gasteiger partial charge is 0.369 e. The SMILES string of the molecule is O=C(Nc1ccc(C(O)(C(F)(F)F)C(F)(F)F)cc1)c1ccccc1F. The maximum absolute atomic E-state index is 13.5. The zero-order valence-corrected chi connectivity index (χ0v) is 12.6. The number of anilines is 1. The topological polar surface area (TPSA) is 49.3 Å². The molecular formula is C16H10F7NO2. The number of halogens is 7. The number of aliphatic hydroxyl groups is 1. The van der Waals surface area contributed by atoms with Gasteiger partial charge in [-0.3, -0.25) is 4.79 Å². The van der Waals surface area contributed by atoms with Crippen molar-refractivity contribution in [3.05, 3.63) is 65.5 Å². The van der Waals surface area contributed by atoms with Crippen LogP contribution in [0.15, 0.2) is 48.5 Å². The highest BCUT2D eigenvalue weighted by molar-refractivity contribution is 6.04. The lowest BCUT2D eigenvalue weighted by Crippen LogP contribution is -2.53. The van der Waals surface area contributed by atoms with Gasteiger partial charge in [0.05, 0.1) is 5.56 Å². The molecule has 1 amide bonds. The van der Waals surface area contributed by atoms with E-state index in [0.717, 1.165) is 24.3 Å². The third-order valence-electron chi connectivity index (χ3n) is 3.50. The molecule has 0 aliphatic carbocycles. The summed E-state index contributed by atoms with van der Waals surface area (Å²) >= 11 is 0. The number of amides is 1. The Labute approximate surface area is 142 Å². The highest BCUT2D eigenvalue weighted by Crippen LogP contribution is 2.50. The summed E-state index contributed by atoms with van der Waals surface area (Å²) in [5.74, 6) is -1.80. The van der Waals surface area contributed by atoms with Crippen molar-refractivity contribution in [3.8, 4) is 0 Å². The molecule has 0 atom stereocenters. The van der Waals surface area contributed by atoms with Gasteiger partial charge in [0.2, 0.25) is 0 Å². The van der Waals surface area contributed by atoms with Gasteiger partial charge in [-0.2, -0.15) is 26.3 Å². The van der Waals surface area contributed by atoms with Crippen molar-refractivity contribution in [1.29, 1.82) is 0 Å². The molecule has 3 nitrogen and oxygen atoms in total. The summed E-state index contributed by atoms with van der Waals surface area (Å²) in [5, 5.41) is 11.4. The van der Waals surface area contributed by atoms with Crippen LogP contribution < -0.4 is 5.32 Å². The van der Waals surface area contributed by atoms with Crippen LogP contribution in [0.3, 0.4) is 0 Å². The van der Waals surface area contributed by atoms with Crippen LogP contribution in [-0.2, 0) is 5.60 Å². The number of carbonyl (C=O) groups excluding carboxylic acids is 1. The van der Waals surface area contributed by atoms with Gasteiger partial charge >= 0.3 is 12.4 Å². The first-order chi connectivity index (χ1) is 11.9. The third kappa shape index (κ3) is 3.50. The van der Waals surface area contributed by atoms with Crippen LogP contribution in [0, 0.1) is 5.82 Å². The van der Waals surface area contributed by atoms with E-state index in [1.54, 1.807) is 0 Å². The monoisotopic (exact) mass is 381 g/mol. The lowest BCUT2D eigenvalue weighted by Gasteiger charge is -2.32. The standard InChI is InChI=1S/C16H10F7NO2/c17-12-4-2-1-3-11(12)13(25)24-10-7-5-9(6-8-10)14(26,15(18,19)20)16(21,22)23/h1-8,26H,(H,24,25). The van der Waals surface area contributed by atoms with Gasteiger partial charge in [0, 0.05) is 11.3 Å². The maximum Gasteiger partial charge on any atom is 0.430 e. The van der Waals surface area contributed by atoms with Crippen molar-refractivity contribution in [3.63, 3.8) is 0 Å². The van der Waals surface area contributed by atoms with Crippen LogP contribution in [0.25, 0.3) is 0 Å². The van der Waals surface area contributed by atoms with Crippen LogP contribution >= 0.6 is 0 Å². The first-order valence-electron chi connectivity index (χ1n) is 6.90. The molecule has 2 aromatic carbocycles. The van der Waals surface area contributed by atoms with Gasteiger partial charge in [0.25, 0.3) is 11.5 Å². The minimum absolute atomic E-state index is 0.186. The van der Waals surface area contributed by atoms with E-state index in [9.17, 15) is 40.6 Å². The highest BCUT2D eigenvalue weighted by atomic mass is 19.4. The van der Waals surface area contributed by atoms with Crippen molar-refractivity contribution in [2.45, 2.75) is 18.0 Å². The molecule has 0 radical (unpaired) electrons. The first-order valence-corrected chi connectivity index (χ1v) is 6.90. The first kappa shape index (κ1) is 19.7. The van der Waals surface area contributed by atoms with Gasteiger partial charge in [-0.05, 0) is 24.3 Å². The highest BCUT2D eigenvalue weighted by Gasteiger charge is 2.71. The zero-order chi connectivity index (χ0) is 19.8. The average molecular weight is 381 g/mol. The Balaban J connectivity index is 2.30. The lowest BCUT2D eigenvalue weighted by molar-refractivity contribution is -0.376. The van der Waals surface area contributed by atoms with E-state index in [0.29, 0.717) is 12.1 Å². The molecule has 2 rings (SSSR count). The van der Waals surface area contributed by atoms with Crippen LogP contribution in [0.4, 0.5) is 36.4 Å². The molecule has 0 aliphatic heterocycles. The molecule has 26 heavy (non-hydrogen) atoms. The van der Waals surface area contributed by atoms with Crippen LogP contribution in [0.5, 0.6) is 0 Å². The van der Waals surface area contributed by atoms with Gasteiger partial charge < -0.3 is 10.4 Å². The van der Waals surface area contributed by atoms with Crippen molar-refractivity contribution >= 4 is 11.6 Å². The molecule has 0 saturated heterocycles. The summed E-state index contributed by atoms with van der Waals surface area (Å²) in [6, 6.07) is 7.06. The van der Waals surface area contributed by atoms with Crippen molar-refractivity contribution in [2.24, 2.45) is 0 Å². The second kappa shape index (κ2) is 6.60. The number of carbonyl (C=O) groups is 1. The fourth-order valence-electron chi connectivity index (χ4n) is 2.13. The fourth-order valence-corrected chi connectivity index (χ4v) is 2.13. The van der Waals surface area contributed by atoms with Gasteiger partial charge in [0.1, 0.15) is 5.82 Å². The van der Waals surface area contributed by atoms with Crippen molar-refractivity contribution in [2.75, 3.05) is 5.32 Å². The second-order valence-corrected chi connectivity index (χ2v) is 5.22. The molecule has 10 heteroatoms. The average Bonchev–Trinajstić information content (AvgIpc) is 2.53. The number of nitrogens with one attached hydrogen (secondary N) is 1. The Hall–Kier alpha value is -2.62. The zero-order valence-electron chi connectivity index (χ0n) is 12.6. The summed E-state index contributed by atoms with van der Waals surface area (Å²) < 4.78 is 90.2. The Bertz CT molecular complexity index is 783. The molecule has 0 bridgehead atoms. The molecule has 0 spiro atoms. The summed E-state index contributed by atoms with van der Waals surface area (Å²) in [5.41, 5.74) is -7.08. The largest absolute Gasteiger partial charge is 0.430 e. The van der Waals surface area contributed by atoms with Crippen LogP contribution in [-0.4, -0.2) is 23.4 Å². The number of hydrogen-bond acceptors (Lipinski definition) is 2. The molecule has 2 N–H and O–H groups in total. The maximum atomic E-state index is 13.5. The lowest BCUT2D eigenvalue weighted by atomic mass is 9.92. The van der Waals surface area contributed by atoms with Crippen molar-refractivity contribution in [1.82, 2.24) is 0 Å². The van der Waals surface area contributed by atoms with Gasteiger partial charge in [-0.15, -0.1) is 0 Å². The Morgan fingerprint density at radius 3 is 1.81 bits per heavy atom. The summed E-state index contributed by atoms with van der Waals surface area (Å²) in [6.07, 6.45) is -12.0. The number of rotatable bonds is 3. The van der Waals surface area contributed by atoms with Crippen molar-refractivity contribution < 1.29 is 40.6 Å². The molecule has 0 unspecified atom stereocenters. The molecule has 0 heterocycles. The predicted molar refractivity (Wildman–Crippen MR) is 76.8 cm³/mol. The molecule has 0 aromatic heterocycles. The summed E-state index contributed by atoms with van der Waals surface area (Å²) in [7, 11) is 0. The molecular weight excluding hydrogens is 371 g/mol. The van der Waals surface area contributed by atoms with E-state index in [1.165, 1.54) is 12.1 Å². The van der Waals surface area contributed by atoms with E-state index < -0.39 is 35.2 Å². The third-order valence-corrected chi connectivity index (χ3v) is 3.50. The molecule has 0 fully saturated rings. The molecule has 140 valence electrons. The van der Waals surface area contributed by atoms with Crippen LogP contribution in [0.2, 0.25) is 0 Å². The van der Waals surface area contributed by atoms with E-state index in [-0.39, 0.29) is 11.3 Å². The fraction of sp³-hybridized carbons (Fsp3) is 0.188. The molecule has 0 saturated carbocycles. The van der Waals surface area contributed by atoms with Crippen LogP contribution in [0.1, 0.15) is 15.9 Å². The summed E-state index contributed by atoms with van der Waals surface area (Å²) in [6.45, 7) is 0. The number of hydrogen-bond donors (Lipinski definition) is 2. The van der Waals surface area contributed by atoms with Gasteiger partial charge in [0.15, 0.2) is 0 Å². The molecule has 0 aliphatic rings. The number of alkyl halides is 6. The van der Waals surface area contributed by atoms with E-state index >= 15 is 0 Å².